The number of nitrogens with zero attached hydrogens (tertiary/aromatic N) is 2. The van der Waals surface area contributed by atoms with E-state index >= 15 is 0 Å². The van der Waals surface area contributed by atoms with Gasteiger partial charge in [-0.25, -0.2) is 4.98 Å². The molecule has 0 radical (unpaired) electrons. The molecular weight excluding hydrogens is 270 g/mol. The maximum atomic E-state index is 12.4. The Hall–Kier alpha value is -2.11. The second-order valence-corrected chi connectivity index (χ2v) is 5.83. The summed E-state index contributed by atoms with van der Waals surface area (Å²) in [5.41, 5.74) is 0.638. The number of hydrogen-bond donors (Lipinski definition) is 1. The predicted molar refractivity (Wildman–Crippen MR) is 76.0 cm³/mol. The molecule has 2 saturated heterocycles. The molecule has 2 aliphatic heterocycles. The number of rotatable bonds is 2. The van der Waals surface area contributed by atoms with Crippen molar-refractivity contribution in [1.82, 2.24) is 15.2 Å². The van der Waals surface area contributed by atoms with Gasteiger partial charge in [0, 0.05) is 38.3 Å². The third-order valence-corrected chi connectivity index (χ3v) is 4.50. The zero-order valence-electron chi connectivity index (χ0n) is 12.1. The van der Waals surface area contributed by atoms with Gasteiger partial charge < -0.3 is 15.0 Å². The fraction of sp³-hybridized carbons (Fsp3) is 0.533. The minimum atomic E-state index is -0.00251. The highest BCUT2D eigenvalue weighted by Gasteiger charge is 2.41. The molecule has 6 heteroatoms. The lowest BCUT2D eigenvalue weighted by atomic mass is 9.77. The van der Waals surface area contributed by atoms with Crippen LogP contribution in [0.5, 0.6) is 5.88 Å². The molecule has 1 aromatic rings. The molecule has 1 aromatic heterocycles. The molecule has 3 heterocycles. The minimum absolute atomic E-state index is 0.00251. The van der Waals surface area contributed by atoms with Crippen LogP contribution in [0.2, 0.25) is 0 Å². The highest BCUT2D eigenvalue weighted by Crippen LogP contribution is 2.37. The van der Waals surface area contributed by atoms with Crippen molar-refractivity contribution >= 4 is 11.8 Å². The number of methoxy groups -OCH3 is 1. The van der Waals surface area contributed by atoms with Gasteiger partial charge in [0.15, 0.2) is 0 Å². The molecule has 2 aliphatic rings. The summed E-state index contributed by atoms with van der Waals surface area (Å²) in [5, 5.41) is 2.90. The molecule has 2 fully saturated rings. The fourth-order valence-electron chi connectivity index (χ4n) is 3.10. The lowest BCUT2D eigenvalue weighted by molar-refractivity contribution is -0.119. The molecule has 21 heavy (non-hydrogen) atoms. The minimum Gasteiger partial charge on any atom is -0.481 e. The van der Waals surface area contributed by atoms with Crippen LogP contribution in [0.3, 0.4) is 0 Å². The van der Waals surface area contributed by atoms with E-state index in [-0.39, 0.29) is 17.2 Å². The Bertz CT molecular complexity index is 548. The molecule has 0 saturated carbocycles. The first-order chi connectivity index (χ1) is 10.1. The average Bonchev–Trinajstić information content (AvgIpc) is 2.88. The number of carbonyl (C=O) groups excluding carboxylic acids is 2. The summed E-state index contributed by atoms with van der Waals surface area (Å²) in [5.74, 6) is 0.631. The number of likely N-dealkylation sites (tertiary alicyclic amines) is 1. The van der Waals surface area contributed by atoms with Crippen LogP contribution < -0.4 is 10.1 Å². The first-order valence-corrected chi connectivity index (χ1v) is 7.18. The number of amides is 2. The van der Waals surface area contributed by atoms with Crippen LogP contribution in [0, 0.1) is 5.41 Å². The standard InChI is InChI=1S/C15H19N3O3/c1-21-13-3-2-11(9-16-13)14(20)18-6-4-15(5-7-18)8-12(19)17-10-15/h2-3,9H,4-8,10H2,1H3,(H,17,19). The molecule has 0 atom stereocenters. The lowest BCUT2D eigenvalue weighted by Gasteiger charge is -2.38. The Labute approximate surface area is 123 Å². The van der Waals surface area contributed by atoms with Crippen molar-refractivity contribution in [3.63, 3.8) is 0 Å². The largest absolute Gasteiger partial charge is 0.481 e. The summed E-state index contributed by atoms with van der Waals surface area (Å²) in [6.07, 6.45) is 3.90. The van der Waals surface area contributed by atoms with Crippen LogP contribution in [-0.4, -0.2) is 48.4 Å². The number of pyridine rings is 1. The van der Waals surface area contributed by atoms with Crippen molar-refractivity contribution in [2.75, 3.05) is 26.7 Å². The van der Waals surface area contributed by atoms with E-state index in [1.165, 1.54) is 0 Å². The Kier molecular flexibility index (Phi) is 3.53. The quantitative estimate of drug-likeness (QED) is 0.875. The normalized spacial score (nSPS) is 20.4. The van der Waals surface area contributed by atoms with Gasteiger partial charge in [-0.15, -0.1) is 0 Å². The van der Waals surface area contributed by atoms with E-state index < -0.39 is 0 Å². The number of ether oxygens (including phenoxy) is 1. The van der Waals surface area contributed by atoms with Gasteiger partial charge >= 0.3 is 0 Å². The zero-order chi connectivity index (χ0) is 14.9. The second kappa shape index (κ2) is 5.35. The van der Waals surface area contributed by atoms with Gasteiger partial charge in [-0.3, -0.25) is 9.59 Å². The van der Waals surface area contributed by atoms with Crippen LogP contribution in [-0.2, 0) is 4.79 Å². The molecule has 0 bridgehead atoms. The monoisotopic (exact) mass is 289 g/mol. The number of aromatic nitrogens is 1. The second-order valence-electron chi connectivity index (χ2n) is 5.83. The Morgan fingerprint density at radius 2 is 2.14 bits per heavy atom. The summed E-state index contributed by atoms with van der Waals surface area (Å²) in [7, 11) is 1.55. The summed E-state index contributed by atoms with van der Waals surface area (Å²) in [6, 6.07) is 3.43. The third-order valence-electron chi connectivity index (χ3n) is 4.50. The molecule has 3 rings (SSSR count). The molecule has 112 valence electrons. The maximum absolute atomic E-state index is 12.4. The molecule has 0 unspecified atom stereocenters. The van der Waals surface area contributed by atoms with Gasteiger partial charge in [0.2, 0.25) is 11.8 Å². The van der Waals surface area contributed by atoms with Crippen molar-refractivity contribution < 1.29 is 14.3 Å². The molecular formula is C15H19N3O3. The molecule has 0 aliphatic carbocycles. The first kappa shape index (κ1) is 13.9. The molecule has 6 nitrogen and oxygen atoms in total. The van der Waals surface area contributed by atoms with E-state index in [1.54, 1.807) is 25.4 Å². The first-order valence-electron chi connectivity index (χ1n) is 7.18. The van der Waals surface area contributed by atoms with E-state index in [1.807, 2.05) is 4.90 Å². The highest BCUT2D eigenvalue weighted by molar-refractivity contribution is 5.94. The Morgan fingerprint density at radius 1 is 1.38 bits per heavy atom. The van der Waals surface area contributed by atoms with Crippen LogP contribution in [0.15, 0.2) is 18.3 Å². The summed E-state index contributed by atoms with van der Waals surface area (Å²) < 4.78 is 4.99. The van der Waals surface area contributed by atoms with E-state index in [4.69, 9.17) is 4.74 Å². The van der Waals surface area contributed by atoms with Crippen LogP contribution in [0.4, 0.5) is 0 Å². The summed E-state index contributed by atoms with van der Waals surface area (Å²) >= 11 is 0. The predicted octanol–water partition coefficient (Wildman–Crippen LogP) is 0.832. The third kappa shape index (κ3) is 2.70. The number of nitrogens with one attached hydrogen (secondary N) is 1. The van der Waals surface area contributed by atoms with Crippen molar-refractivity contribution in [2.45, 2.75) is 19.3 Å². The van der Waals surface area contributed by atoms with Gasteiger partial charge in [0.25, 0.3) is 5.91 Å². The lowest BCUT2D eigenvalue weighted by Crippen LogP contribution is -2.44. The fourth-order valence-corrected chi connectivity index (χ4v) is 3.10. The molecule has 2 amide bonds. The summed E-state index contributed by atoms with van der Waals surface area (Å²) in [4.78, 5) is 29.7. The van der Waals surface area contributed by atoms with Crippen molar-refractivity contribution in [3.8, 4) is 5.88 Å². The summed E-state index contributed by atoms with van der Waals surface area (Å²) in [6.45, 7) is 2.14. The van der Waals surface area contributed by atoms with E-state index in [0.29, 0.717) is 31.0 Å². The van der Waals surface area contributed by atoms with E-state index in [0.717, 1.165) is 19.4 Å². The maximum Gasteiger partial charge on any atom is 0.255 e. The molecule has 0 aromatic carbocycles. The van der Waals surface area contributed by atoms with Gasteiger partial charge in [-0.1, -0.05) is 0 Å². The van der Waals surface area contributed by atoms with Crippen molar-refractivity contribution in [3.05, 3.63) is 23.9 Å². The SMILES string of the molecule is COc1ccc(C(=O)N2CCC3(CC2)CNC(=O)C3)cn1. The Balaban J connectivity index is 1.63. The number of carbonyl (C=O) groups is 2. The van der Waals surface area contributed by atoms with Crippen LogP contribution in [0.25, 0.3) is 0 Å². The van der Waals surface area contributed by atoms with Gasteiger partial charge in [-0.05, 0) is 24.3 Å². The highest BCUT2D eigenvalue weighted by atomic mass is 16.5. The zero-order valence-corrected chi connectivity index (χ0v) is 12.1. The van der Waals surface area contributed by atoms with E-state index in [9.17, 15) is 9.59 Å². The van der Waals surface area contributed by atoms with E-state index in [2.05, 4.69) is 10.3 Å². The number of hydrogen-bond acceptors (Lipinski definition) is 4. The average molecular weight is 289 g/mol. The topological polar surface area (TPSA) is 71.5 Å². The van der Waals surface area contributed by atoms with Gasteiger partial charge in [-0.2, -0.15) is 0 Å². The van der Waals surface area contributed by atoms with Crippen LogP contribution in [0.1, 0.15) is 29.6 Å². The Morgan fingerprint density at radius 3 is 2.67 bits per heavy atom. The smallest absolute Gasteiger partial charge is 0.255 e. The van der Waals surface area contributed by atoms with Crippen LogP contribution >= 0.6 is 0 Å². The number of piperidine rings is 1. The van der Waals surface area contributed by atoms with Gasteiger partial charge in [0.05, 0.1) is 12.7 Å². The van der Waals surface area contributed by atoms with Crippen molar-refractivity contribution in [1.29, 1.82) is 0 Å². The van der Waals surface area contributed by atoms with Gasteiger partial charge in [0.1, 0.15) is 0 Å². The molecule has 1 N–H and O–H groups in total. The van der Waals surface area contributed by atoms with Crippen molar-refractivity contribution in [2.24, 2.45) is 5.41 Å². The molecule has 1 spiro atoms.